The highest BCUT2D eigenvalue weighted by Crippen LogP contribution is 2.25. The zero-order valence-electron chi connectivity index (χ0n) is 11.4. The first-order chi connectivity index (χ1) is 9.76. The summed E-state index contributed by atoms with van der Waals surface area (Å²) in [7, 11) is 0. The van der Waals surface area contributed by atoms with Gasteiger partial charge in [-0.3, -0.25) is 4.90 Å². The van der Waals surface area contributed by atoms with E-state index in [0.29, 0.717) is 12.6 Å². The molecular formula is C14H18N2O3S. The van der Waals surface area contributed by atoms with Crippen LogP contribution in [0.15, 0.2) is 28.2 Å². The van der Waals surface area contributed by atoms with Crippen molar-refractivity contribution in [3.63, 3.8) is 0 Å². The SMILES string of the molecule is CC1COC(CO)CN1Cc1csc(-c2ccco2)n1. The lowest BCUT2D eigenvalue weighted by Crippen LogP contribution is -2.48. The van der Waals surface area contributed by atoms with Crippen LogP contribution in [-0.2, 0) is 11.3 Å². The van der Waals surface area contributed by atoms with Crippen molar-refractivity contribution in [1.82, 2.24) is 9.88 Å². The van der Waals surface area contributed by atoms with Gasteiger partial charge in [-0.25, -0.2) is 4.98 Å². The van der Waals surface area contributed by atoms with Crippen molar-refractivity contribution in [1.29, 1.82) is 0 Å². The topological polar surface area (TPSA) is 58.7 Å². The molecule has 6 heteroatoms. The van der Waals surface area contributed by atoms with Crippen molar-refractivity contribution in [3.05, 3.63) is 29.5 Å². The highest BCUT2D eigenvalue weighted by molar-refractivity contribution is 7.13. The monoisotopic (exact) mass is 294 g/mol. The van der Waals surface area contributed by atoms with Crippen molar-refractivity contribution in [2.75, 3.05) is 19.8 Å². The van der Waals surface area contributed by atoms with Crippen molar-refractivity contribution in [3.8, 4) is 10.8 Å². The van der Waals surface area contributed by atoms with E-state index < -0.39 is 0 Å². The van der Waals surface area contributed by atoms with Crippen LogP contribution in [0.4, 0.5) is 0 Å². The lowest BCUT2D eigenvalue weighted by Gasteiger charge is -2.36. The fraction of sp³-hybridized carbons (Fsp3) is 0.500. The van der Waals surface area contributed by atoms with Crippen molar-refractivity contribution < 1.29 is 14.3 Å². The maximum absolute atomic E-state index is 9.21. The van der Waals surface area contributed by atoms with Crippen LogP contribution < -0.4 is 0 Å². The van der Waals surface area contributed by atoms with Gasteiger partial charge in [-0.2, -0.15) is 0 Å². The zero-order valence-corrected chi connectivity index (χ0v) is 12.2. The number of nitrogens with zero attached hydrogens (tertiary/aromatic N) is 2. The van der Waals surface area contributed by atoms with Crippen LogP contribution in [-0.4, -0.2) is 46.9 Å². The molecule has 3 heterocycles. The number of furan rings is 1. The molecule has 2 aromatic heterocycles. The average molecular weight is 294 g/mol. The third-order valence-electron chi connectivity index (χ3n) is 3.49. The molecule has 2 atom stereocenters. The molecular weight excluding hydrogens is 276 g/mol. The third-order valence-corrected chi connectivity index (χ3v) is 4.39. The Bertz CT molecular complexity index is 540. The minimum absolute atomic E-state index is 0.0674. The van der Waals surface area contributed by atoms with E-state index in [2.05, 4.69) is 22.2 Å². The second-order valence-corrected chi connectivity index (χ2v) is 5.90. The van der Waals surface area contributed by atoms with Crippen LogP contribution in [0, 0.1) is 0 Å². The molecule has 0 radical (unpaired) electrons. The number of aliphatic hydroxyl groups is 1. The van der Waals surface area contributed by atoms with Crippen LogP contribution >= 0.6 is 11.3 Å². The van der Waals surface area contributed by atoms with Gasteiger partial charge < -0.3 is 14.3 Å². The second kappa shape index (κ2) is 6.05. The molecule has 108 valence electrons. The maximum Gasteiger partial charge on any atom is 0.162 e. The standard InChI is InChI=1S/C14H18N2O3S/c1-10-8-19-12(7-17)6-16(10)5-11-9-20-14(15-11)13-3-2-4-18-13/h2-4,9-10,12,17H,5-8H2,1H3. The van der Waals surface area contributed by atoms with E-state index in [-0.39, 0.29) is 12.7 Å². The molecule has 2 unspecified atom stereocenters. The van der Waals surface area contributed by atoms with Gasteiger partial charge in [0.2, 0.25) is 0 Å². The fourth-order valence-corrected chi connectivity index (χ4v) is 3.08. The predicted molar refractivity (Wildman–Crippen MR) is 76.5 cm³/mol. The summed E-state index contributed by atoms with van der Waals surface area (Å²) in [5, 5.41) is 12.2. The summed E-state index contributed by atoms with van der Waals surface area (Å²) in [6, 6.07) is 4.13. The Hall–Kier alpha value is -1.21. The molecule has 0 saturated carbocycles. The molecule has 0 bridgehead atoms. The first kappa shape index (κ1) is 13.8. The Morgan fingerprint density at radius 3 is 3.20 bits per heavy atom. The Morgan fingerprint density at radius 2 is 2.45 bits per heavy atom. The molecule has 1 saturated heterocycles. The first-order valence-corrected chi connectivity index (χ1v) is 7.59. The van der Waals surface area contributed by atoms with Crippen molar-refractivity contribution in [2.24, 2.45) is 0 Å². The van der Waals surface area contributed by atoms with Gasteiger partial charge in [0, 0.05) is 24.5 Å². The van der Waals surface area contributed by atoms with E-state index in [1.54, 1.807) is 17.6 Å². The molecule has 0 aliphatic carbocycles. The van der Waals surface area contributed by atoms with Crippen molar-refractivity contribution in [2.45, 2.75) is 25.6 Å². The van der Waals surface area contributed by atoms with E-state index in [0.717, 1.165) is 29.6 Å². The number of thiazole rings is 1. The van der Waals surface area contributed by atoms with Crippen LogP contribution in [0.5, 0.6) is 0 Å². The van der Waals surface area contributed by atoms with Crippen LogP contribution in [0.3, 0.4) is 0 Å². The highest BCUT2D eigenvalue weighted by atomic mass is 32.1. The summed E-state index contributed by atoms with van der Waals surface area (Å²) in [5.74, 6) is 0.810. The summed E-state index contributed by atoms with van der Waals surface area (Å²) in [6.07, 6.45) is 1.57. The third kappa shape index (κ3) is 2.93. The summed E-state index contributed by atoms with van der Waals surface area (Å²) >= 11 is 1.59. The minimum Gasteiger partial charge on any atom is -0.462 e. The summed E-state index contributed by atoms with van der Waals surface area (Å²) in [4.78, 5) is 6.91. The molecule has 2 aromatic rings. The molecule has 1 fully saturated rings. The van der Waals surface area contributed by atoms with E-state index in [1.165, 1.54) is 0 Å². The van der Waals surface area contributed by atoms with Crippen LogP contribution in [0.2, 0.25) is 0 Å². The lowest BCUT2D eigenvalue weighted by atomic mass is 10.2. The molecule has 0 aromatic carbocycles. The molecule has 5 nitrogen and oxygen atoms in total. The van der Waals surface area contributed by atoms with Gasteiger partial charge in [-0.1, -0.05) is 0 Å². The molecule has 1 N–H and O–H groups in total. The summed E-state index contributed by atoms with van der Waals surface area (Å²) < 4.78 is 10.9. The second-order valence-electron chi connectivity index (χ2n) is 5.04. The number of aliphatic hydroxyl groups excluding tert-OH is 1. The van der Waals surface area contributed by atoms with Crippen LogP contribution in [0.1, 0.15) is 12.6 Å². The zero-order chi connectivity index (χ0) is 13.9. The van der Waals surface area contributed by atoms with Gasteiger partial charge in [0.25, 0.3) is 0 Å². The molecule has 20 heavy (non-hydrogen) atoms. The van der Waals surface area contributed by atoms with Gasteiger partial charge in [-0.15, -0.1) is 11.3 Å². The van der Waals surface area contributed by atoms with E-state index >= 15 is 0 Å². The Balaban J connectivity index is 1.68. The Kier molecular flexibility index (Phi) is 4.16. The summed E-state index contributed by atoms with van der Waals surface area (Å²) in [5.41, 5.74) is 1.03. The number of morpholine rings is 1. The number of rotatable bonds is 4. The van der Waals surface area contributed by atoms with Gasteiger partial charge in [0.1, 0.15) is 0 Å². The smallest absolute Gasteiger partial charge is 0.162 e. The average Bonchev–Trinajstić information content (AvgIpc) is 3.12. The number of hydrogen-bond acceptors (Lipinski definition) is 6. The van der Waals surface area contributed by atoms with E-state index in [1.807, 2.05) is 12.1 Å². The summed E-state index contributed by atoms with van der Waals surface area (Å²) in [6.45, 7) is 4.37. The van der Waals surface area contributed by atoms with Gasteiger partial charge >= 0.3 is 0 Å². The van der Waals surface area contributed by atoms with Gasteiger partial charge in [0.15, 0.2) is 10.8 Å². The molecule has 0 spiro atoms. The van der Waals surface area contributed by atoms with E-state index in [4.69, 9.17) is 9.15 Å². The number of aromatic nitrogens is 1. The molecule has 1 aliphatic heterocycles. The predicted octanol–water partition coefficient (Wildman–Crippen LogP) is 1.98. The number of ether oxygens (including phenoxy) is 1. The Morgan fingerprint density at radius 1 is 1.55 bits per heavy atom. The molecule has 3 rings (SSSR count). The lowest BCUT2D eigenvalue weighted by molar-refractivity contribution is -0.0808. The largest absolute Gasteiger partial charge is 0.462 e. The van der Waals surface area contributed by atoms with Gasteiger partial charge in [-0.05, 0) is 19.1 Å². The van der Waals surface area contributed by atoms with Crippen molar-refractivity contribution >= 4 is 11.3 Å². The highest BCUT2D eigenvalue weighted by Gasteiger charge is 2.26. The fourth-order valence-electron chi connectivity index (χ4n) is 2.31. The Labute approximate surface area is 121 Å². The minimum atomic E-state index is -0.0885. The normalized spacial score (nSPS) is 24.1. The number of hydrogen-bond donors (Lipinski definition) is 1. The maximum atomic E-state index is 9.21. The quantitative estimate of drug-likeness (QED) is 0.934. The first-order valence-electron chi connectivity index (χ1n) is 6.71. The van der Waals surface area contributed by atoms with E-state index in [9.17, 15) is 5.11 Å². The molecule has 1 aliphatic rings. The van der Waals surface area contributed by atoms with Crippen LogP contribution in [0.25, 0.3) is 10.8 Å². The molecule has 0 amide bonds. The van der Waals surface area contributed by atoms with Gasteiger partial charge in [0.05, 0.1) is 31.3 Å².